The van der Waals surface area contributed by atoms with Crippen LogP contribution in [0.25, 0.3) is 0 Å². The third-order valence-electron chi connectivity index (χ3n) is 7.58. The second-order valence-corrected chi connectivity index (χ2v) is 11.2. The number of hydrogen-bond acceptors (Lipinski definition) is 6. The second kappa shape index (κ2) is 11.8. The quantitative estimate of drug-likeness (QED) is 0.228. The third-order valence-corrected chi connectivity index (χ3v) is 9.66. The number of aliphatic hydroxyl groups excluding tert-OH is 1. The summed E-state index contributed by atoms with van der Waals surface area (Å²) in [5.41, 5.74) is 0. The van der Waals surface area contributed by atoms with Crippen LogP contribution >= 0.6 is 11.8 Å². The van der Waals surface area contributed by atoms with E-state index in [-0.39, 0.29) is 42.1 Å². The predicted octanol–water partition coefficient (Wildman–Crippen LogP) is 3.03. The van der Waals surface area contributed by atoms with E-state index in [0.29, 0.717) is 19.7 Å². The Bertz CT molecular complexity index is 789. The van der Waals surface area contributed by atoms with Gasteiger partial charge in [0.05, 0.1) is 29.8 Å². The third kappa shape index (κ3) is 4.68. The van der Waals surface area contributed by atoms with E-state index in [1.54, 1.807) is 27.6 Å². The fourth-order valence-electron chi connectivity index (χ4n) is 6.04. The van der Waals surface area contributed by atoms with Crippen LogP contribution in [0.4, 0.5) is 0 Å². The summed E-state index contributed by atoms with van der Waals surface area (Å²) in [6.07, 6.45) is 8.69. The molecule has 3 rings (SSSR count). The number of fused-ring (bicyclic) bond motifs is 1. The van der Waals surface area contributed by atoms with Gasteiger partial charge in [0.2, 0.25) is 11.8 Å². The number of esters is 1. The fourth-order valence-corrected chi connectivity index (χ4v) is 8.45. The van der Waals surface area contributed by atoms with E-state index in [4.69, 9.17) is 4.74 Å². The number of rotatable bonds is 14. The van der Waals surface area contributed by atoms with Crippen LogP contribution in [0.1, 0.15) is 52.4 Å². The van der Waals surface area contributed by atoms with Gasteiger partial charge >= 0.3 is 5.97 Å². The van der Waals surface area contributed by atoms with Crippen LogP contribution in [0.5, 0.6) is 0 Å². The molecule has 0 saturated carbocycles. The molecule has 2 bridgehead atoms. The lowest BCUT2D eigenvalue weighted by Crippen LogP contribution is -2.57. The lowest BCUT2D eigenvalue weighted by Gasteiger charge is -2.40. The Morgan fingerprint density at radius 1 is 1.29 bits per heavy atom. The maximum absolute atomic E-state index is 14.0. The molecule has 3 unspecified atom stereocenters. The van der Waals surface area contributed by atoms with Gasteiger partial charge in [0.15, 0.2) is 0 Å². The number of ether oxygens (including phenoxy) is 1. The summed E-state index contributed by atoms with van der Waals surface area (Å²) in [4.78, 5) is 44.2. The van der Waals surface area contributed by atoms with Gasteiger partial charge in [-0.2, -0.15) is 0 Å². The van der Waals surface area contributed by atoms with Gasteiger partial charge in [0, 0.05) is 24.9 Å². The second-order valence-electron chi connectivity index (χ2n) is 9.69. The average Bonchev–Trinajstić information content (AvgIpc) is 3.40. The van der Waals surface area contributed by atoms with Crippen LogP contribution in [0.2, 0.25) is 0 Å². The number of aliphatic hydroxyl groups is 1. The van der Waals surface area contributed by atoms with Gasteiger partial charge in [-0.3, -0.25) is 14.4 Å². The number of β-amino-alcohol motifs (C(OH)–C–C–N with tert-alkyl or cyclic N) is 1. The molecular formula is C26H40N2O5S. The van der Waals surface area contributed by atoms with Gasteiger partial charge in [-0.1, -0.05) is 32.4 Å². The van der Waals surface area contributed by atoms with Crippen molar-refractivity contribution in [2.24, 2.45) is 17.8 Å². The highest BCUT2D eigenvalue weighted by Gasteiger charge is 2.76. The molecule has 6 atom stereocenters. The first kappa shape index (κ1) is 26.8. The molecular weight excluding hydrogens is 452 g/mol. The smallest absolute Gasteiger partial charge is 0.310 e. The van der Waals surface area contributed by atoms with Crippen LogP contribution in [0.3, 0.4) is 0 Å². The van der Waals surface area contributed by atoms with E-state index < -0.39 is 22.6 Å². The van der Waals surface area contributed by atoms with Crippen molar-refractivity contribution in [2.75, 3.05) is 32.8 Å². The Morgan fingerprint density at radius 3 is 2.71 bits per heavy atom. The van der Waals surface area contributed by atoms with Gasteiger partial charge in [-0.25, -0.2) is 0 Å². The highest BCUT2D eigenvalue weighted by Crippen LogP contribution is 2.68. The van der Waals surface area contributed by atoms with Gasteiger partial charge in [-0.05, 0) is 38.0 Å². The summed E-state index contributed by atoms with van der Waals surface area (Å²) in [7, 11) is 0. The molecule has 3 fully saturated rings. The molecule has 3 saturated heterocycles. The highest BCUT2D eigenvalue weighted by atomic mass is 32.2. The fraction of sp³-hybridized carbons (Fsp3) is 0.731. The zero-order chi connectivity index (χ0) is 24.9. The predicted molar refractivity (Wildman–Crippen MR) is 134 cm³/mol. The number of unbranched alkanes of at least 4 members (excludes halogenated alkanes) is 3. The zero-order valence-electron chi connectivity index (χ0n) is 20.6. The Labute approximate surface area is 208 Å². The molecule has 1 N–H and O–H groups in total. The van der Waals surface area contributed by atoms with Crippen molar-refractivity contribution in [1.82, 2.24) is 9.80 Å². The van der Waals surface area contributed by atoms with Crippen molar-refractivity contribution in [3.63, 3.8) is 0 Å². The van der Waals surface area contributed by atoms with E-state index in [2.05, 4.69) is 27.0 Å². The topological polar surface area (TPSA) is 87.2 Å². The van der Waals surface area contributed by atoms with Crippen molar-refractivity contribution in [3.8, 4) is 0 Å². The van der Waals surface area contributed by atoms with Crippen molar-refractivity contribution < 1.29 is 24.2 Å². The van der Waals surface area contributed by atoms with E-state index in [0.717, 1.165) is 38.5 Å². The molecule has 2 amide bonds. The number of allylic oxidation sites excluding steroid dienone is 1. The molecule has 0 aromatic rings. The Morgan fingerprint density at radius 2 is 2.06 bits per heavy atom. The Kier molecular flexibility index (Phi) is 9.27. The number of amides is 2. The zero-order valence-corrected chi connectivity index (χ0v) is 21.4. The maximum Gasteiger partial charge on any atom is 0.310 e. The number of likely N-dealkylation sites (tertiary alicyclic amines) is 1. The Balaban J connectivity index is 1.89. The van der Waals surface area contributed by atoms with Crippen LogP contribution in [-0.2, 0) is 19.1 Å². The molecule has 8 heteroatoms. The van der Waals surface area contributed by atoms with Crippen molar-refractivity contribution in [1.29, 1.82) is 0 Å². The number of thioether (sulfide) groups is 1. The normalized spacial score (nSPS) is 31.4. The molecule has 0 aromatic heterocycles. The first-order chi connectivity index (χ1) is 16.4. The van der Waals surface area contributed by atoms with Crippen LogP contribution < -0.4 is 0 Å². The van der Waals surface area contributed by atoms with Crippen LogP contribution in [0, 0.1) is 17.8 Å². The van der Waals surface area contributed by atoms with Gasteiger partial charge in [-0.15, -0.1) is 24.9 Å². The van der Waals surface area contributed by atoms with Crippen molar-refractivity contribution in [2.45, 2.75) is 68.4 Å². The van der Waals surface area contributed by atoms with Crippen molar-refractivity contribution in [3.05, 3.63) is 25.3 Å². The lowest BCUT2D eigenvalue weighted by molar-refractivity contribution is -0.154. The minimum Gasteiger partial charge on any atom is -0.465 e. The van der Waals surface area contributed by atoms with E-state index in [1.807, 2.05) is 6.08 Å². The first-order valence-electron chi connectivity index (χ1n) is 12.6. The molecule has 3 heterocycles. The lowest BCUT2D eigenvalue weighted by atomic mass is 9.66. The van der Waals surface area contributed by atoms with E-state index >= 15 is 0 Å². The van der Waals surface area contributed by atoms with E-state index in [9.17, 15) is 19.5 Å². The minimum atomic E-state index is -0.690. The summed E-state index contributed by atoms with van der Waals surface area (Å²) in [6.45, 7) is 12.9. The molecule has 0 radical (unpaired) electrons. The summed E-state index contributed by atoms with van der Waals surface area (Å²) < 4.78 is 4.95. The monoisotopic (exact) mass is 492 g/mol. The molecule has 3 aliphatic heterocycles. The summed E-state index contributed by atoms with van der Waals surface area (Å²) in [5.74, 6) is -1.66. The minimum absolute atomic E-state index is 0.0281. The molecule has 190 valence electrons. The van der Waals surface area contributed by atoms with Gasteiger partial charge < -0.3 is 19.6 Å². The first-order valence-corrected chi connectivity index (χ1v) is 13.5. The van der Waals surface area contributed by atoms with Crippen LogP contribution in [0.15, 0.2) is 25.3 Å². The number of carbonyl (C=O) groups is 3. The van der Waals surface area contributed by atoms with Crippen molar-refractivity contribution >= 4 is 29.5 Å². The molecule has 7 nitrogen and oxygen atoms in total. The molecule has 34 heavy (non-hydrogen) atoms. The molecule has 0 aromatic carbocycles. The maximum atomic E-state index is 14.0. The number of nitrogens with zero attached hydrogens (tertiary/aromatic N) is 2. The number of carbonyl (C=O) groups excluding carboxylic acids is 3. The highest BCUT2D eigenvalue weighted by molar-refractivity contribution is 8.02. The molecule has 0 aliphatic carbocycles. The standard InChI is InChI=1S/C26H40N2O5S/c1-5-8-10-11-16-33-25(32)20-19-17-18(4)26(34-19)21(20)23(30)28(14-15-29)22(26)24(31)27(12-7-3)13-9-6-2/h5,7,18-22,29H,1,3,6,8-17H2,2,4H3/t18?,19-,20+,21-,22?,26?/m0/s1. The Hall–Kier alpha value is -1.80. The average molecular weight is 493 g/mol. The van der Waals surface area contributed by atoms with Crippen LogP contribution in [-0.4, -0.2) is 81.6 Å². The summed E-state index contributed by atoms with van der Waals surface area (Å²) >= 11 is 1.64. The van der Waals surface area contributed by atoms with Gasteiger partial charge in [0.1, 0.15) is 6.04 Å². The molecule has 3 aliphatic rings. The number of hydrogen-bond donors (Lipinski definition) is 1. The summed E-state index contributed by atoms with van der Waals surface area (Å²) in [5, 5.41) is 9.72. The largest absolute Gasteiger partial charge is 0.465 e. The summed E-state index contributed by atoms with van der Waals surface area (Å²) in [6, 6.07) is -0.690. The van der Waals surface area contributed by atoms with Gasteiger partial charge in [0.25, 0.3) is 0 Å². The SMILES string of the molecule is C=CCCCCOC(=O)[C@@H]1[C@@H]2CC(C)C3(S2)C(C(=O)N(CC=C)CCCC)N(CCO)C(=O)[C@H]13. The molecule has 1 spiro atoms. The van der Waals surface area contributed by atoms with E-state index in [1.165, 1.54) is 0 Å².